The van der Waals surface area contributed by atoms with Gasteiger partial charge in [-0.1, -0.05) is 12.5 Å². The molecule has 0 fully saturated rings. The van der Waals surface area contributed by atoms with Crippen LogP contribution in [0.3, 0.4) is 0 Å². The fraction of sp³-hybridized carbons (Fsp3) is 0.357. The largest absolute Gasteiger partial charge is 0.323 e. The molecule has 0 aromatic heterocycles. The lowest BCUT2D eigenvalue weighted by atomic mass is 10.3. The molecule has 0 spiro atoms. The first-order valence-electron chi connectivity index (χ1n) is 6.41. The molecule has 1 aromatic carbocycles. The van der Waals surface area contributed by atoms with Gasteiger partial charge in [0.15, 0.2) is 0 Å². The van der Waals surface area contributed by atoms with Crippen LogP contribution in [0.25, 0.3) is 0 Å². The SMILES string of the molecule is CCCNS(=O)(=O)c1ccc(NC(=O)C=C(C)C)cc1. The van der Waals surface area contributed by atoms with Crippen LogP contribution in [0, 0.1) is 0 Å². The number of carbonyl (C=O) groups is 1. The van der Waals surface area contributed by atoms with Gasteiger partial charge in [-0.2, -0.15) is 0 Å². The van der Waals surface area contributed by atoms with Crippen molar-refractivity contribution < 1.29 is 13.2 Å². The summed E-state index contributed by atoms with van der Waals surface area (Å²) in [5.74, 6) is -0.232. The maximum atomic E-state index is 11.9. The maximum absolute atomic E-state index is 11.9. The van der Waals surface area contributed by atoms with E-state index in [4.69, 9.17) is 0 Å². The van der Waals surface area contributed by atoms with E-state index in [1.54, 1.807) is 12.1 Å². The molecule has 5 nitrogen and oxygen atoms in total. The quantitative estimate of drug-likeness (QED) is 0.791. The second-order valence-corrected chi connectivity index (χ2v) is 6.40. The highest BCUT2D eigenvalue weighted by Crippen LogP contribution is 2.14. The fourth-order valence-corrected chi connectivity index (χ4v) is 2.61. The number of hydrogen-bond donors (Lipinski definition) is 2. The van der Waals surface area contributed by atoms with Crippen LogP contribution in [0.5, 0.6) is 0 Å². The van der Waals surface area contributed by atoms with E-state index in [2.05, 4.69) is 10.0 Å². The first kappa shape index (κ1) is 16.4. The molecule has 0 radical (unpaired) electrons. The van der Waals surface area contributed by atoms with Gasteiger partial charge in [-0.25, -0.2) is 13.1 Å². The number of hydrogen-bond acceptors (Lipinski definition) is 3. The number of amides is 1. The van der Waals surface area contributed by atoms with Gasteiger partial charge in [0.1, 0.15) is 0 Å². The summed E-state index contributed by atoms with van der Waals surface area (Å²) in [5, 5.41) is 2.66. The van der Waals surface area contributed by atoms with E-state index in [1.165, 1.54) is 18.2 Å². The molecule has 0 saturated carbocycles. The Kier molecular flexibility index (Phi) is 5.91. The van der Waals surface area contributed by atoms with Crippen LogP contribution in [0.4, 0.5) is 5.69 Å². The number of anilines is 1. The van der Waals surface area contributed by atoms with Crippen molar-refractivity contribution in [1.82, 2.24) is 4.72 Å². The van der Waals surface area contributed by atoms with Gasteiger partial charge in [0.25, 0.3) is 0 Å². The fourth-order valence-electron chi connectivity index (χ4n) is 1.48. The topological polar surface area (TPSA) is 75.3 Å². The van der Waals surface area contributed by atoms with Crippen molar-refractivity contribution in [2.24, 2.45) is 0 Å². The van der Waals surface area contributed by atoms with Crippen molar-refractivity contribution in [3.63, 3.8) is 0 Å². The molecule has 0 saturated heterocycles. The highest BCUT2D eigenvalue weighted by molar-refractivity contribution is 7.89. The smallest absolute Gasteiger partial charge is 0.248 e. The molecular weight excluding hydrogens is 276 g/mol. The summed E-state index contributed by atoms with van der Waals surface area (Å²) in [6, 6.07) is 6.07. The third-order valence-corrected chi connectivity index (χ3v) is 3.87. The predicted molar refractivity (Wildman–Crippen MR) is 80.0 cm³/mol. The van der Waals surface area contributed by atoms with Gasteiger partial charge >= 0.3 is 0 Å². The van der Waals surface area contributed by atoms with E-state index in [9.17, 15) is 13.2 Å². The van der Waals surface area contributed by atoms with Gasteiger partial charge in [-0.05, 0) is 44.5 Å². The average Bonchev–Trinajstić information content (AvgIpc) is 2.36. The van der Waals surface area contributed by atoms with Crippen molar-refractivity contribution in [2.45, 2.75) is 32.1 Å². The second kappa shape index (κ2) is 7.21. The van der Waals surface area contributed by atoms with Gasteiger partial charge in [0.05, 0.1) is 4.90 Å². The summed E-state index contributed by atoms with van der Waals surface area (Å²) in [7, 11) is -3.46. The molecule has 0 aliphatic rings. The van der Waals surface area contributed by atoms with Crippen molar-refractivity contribution in [3.8, 4) is 0 Å². The van der Waals surface area contributed by atoms with Gasteiger partial charge < -0.3 is 5.32 Å². The van der Waals surface area contributed by atoms with Gasteiger partial charge in [0, 0.05) is 18.3 Å². The van der Waals surface area contributed by atoms with Crippen molar-refractivity contribution in [2.75, 3.05) is 11.9 Å². The molecule has 2 N–H and O–H groups in total. The third-order valence-electron chi connectivity index (χ3n) is 2.39. The van der Waals surface area contributed by atoms with Crippen LogP contribution < -0.4 is 10.0 Å². The first-order valence-corrected chi connectivity index (χ1v) is 7.89. The summed E-state index contributed by atoms with van der Waals surface area (Å²) >= 11 is 0. The van der Waals surface area contributed by atoms with E-state index in [-0.39, 0.29) is 10.8 Å². The van der Waals surface area contributed by atoms with Crippen molar-refractivity contribution in [3.05, 3.63) is 35.9 Å². The summed E-state index contributed by atoms with van der Waals surface area (Å²) < 4.78 is 26.2. The number of allylic oxidation sites excluding steroid dienone is 1. The van der Waals surface area contributed by atoms with Crippen LogP contribution in [0.15, 0.2) is 40.8 Å². The highest BCUT2D eigenvalue weighted by Gasteiger charge is 2.12. The lowest BCUT2D eigenvalue weighted by Gasteiger charge is -2.07. The minimum Gasteiger partial charge on any atom is -0.323 e. The average molecular weight is 296 g/mol. The lowest BCUT2D eigenvalue weighted by molar-refractivity contribution is -0.111. The van der Waals surface area contributed by atoms with Crippen LogP contribution in [-0.4, -0.2) is 20.9 Å². The highest BCUT2D eigenvalue weighted by atomic mass is 32.2. The normalized spacial score (nSPS) is 10.9. The van der Waals surface area contributed by atoms with E-state index in [0.29, 0.717) is 12.2 Å². The third kappa shape index (κ3) is 5.14. The molecular formula is C14H20N2O3S. The number of benzene rings is 1. The van der Waals surface area contributed by atoms with Gasteiger partial charge in [-0.3, -0.25) is 4.79 Å². The number of rotatable bonds is 6. The van der Waals surface area contributed by atoms with E-state index < -0.39 is 10.0 Å². The zero-order valence-electron chi connectivity index (χ0n) is 11.9. The molecule has 0 aliphatic heterocycles. The minimum absolute atomic E-state index is 0.186. The van der Waals surface area contributed by atoms with E-state index in [1.807, 2.05) is 20.8 Å². The Balaban J connectivity index is 2.79. The first-order chi connectivity index (χ1) is 9.35. The van der Waals surface area contributed by atoms with Crippen LogP contribution in [0.2, 0.25) is 0 Å². The number of carbonyl (C=O) groups excluding carboxylic acids is 1. The lowest BCUT2D eigenvalue weighted by Crippen LogP contribution is -2.24. The molecule has 0 aliphatic carbocycles. The number of sulfonamides is 1. The Morgan fingerprint density at radius 3 is 2.30 bits per heavy atom. The molecule has 1 aromatic rings. The maximum Gasteiger partial charge on any atom is 0.248 e. The van der Waals surface area contributed by atoms with Crippen molar-refractivity contribution in [1.29, 1.82) is 0 Å². The van der Waals surface area contributed by atoms with Gasteiger partial charge in [-0.15, -0.1) is 0 Å². The van der Waals surface area contributed by atoms with Gasteiger partial charge in [0.2, 0.25) is 15.9 Å². The molecule has 1 amide bonds. The van der Waals surface area contributed by atoms with Crippen LogP contribution >= 0.6 is 0 Å². The standard InChI is InChI=1S/C14H20N2O3S/c1-4-9-15-20(18,19)13-7-5-12(6-8-13)16-14(17)10-11(2)3/h5-8,10,15H,4,9H2,1-3H3,(H,16,17). The molecule has 1 rings (SSSR count). The predicted octanol–water partition coefficient (Wildman–Crippen LogP) is 2.28. The Morgan fingerprint density at radius 1 is 1.20 bits per heavy atom. The second-order valence-electron chi connectivity index (χ2n) is 4.63. The molecule has 0 unspecified atom stereocenters. The Bertz CT molecular complexity index is 585. The number of nitrogens with one attached hydrogen (secondary N) is 2. The van der Waals surface area contributed by atoms with Crippen molar-refractivity contribution >= 4 is 21.6 Å². The van der Waals surface area contributed by atoms with E-state index >= 15 is 0 Å². The van der Waals surface area contributed by atoms with Crippen LogP contribution in [0.1, 0.15) is 27.2 Å². The Morgan fingerprint density at radius 2 is 1.80 bits per heavy atom. The summed E-state index contributed by atoms with van der Waals surface area (Å²) in [6.45, 7) is 5.95. The Hall–Kier alpha value is -1.66. The molecule has 20 heavy (non-hydrogen) atoms. The summed E-state index contributed by atoms with van der Waals surface area (Å²) in [4.78, 5) is 11.7. The molecule has 110 valence electrons. The molecule has 0 atom stereocenters. The summed E-state index contributed by atoms with van der Waals surface area (Å²) in [5.41, 5.74) is 1.45. The van der Waals surface area contributed by atoms with Crippen LogP contribution in [-0.2, 0) is 14.8 Å². The zero-order valence-corrected chi connectivity index (χ0v) is 12.8. The minimum atomic E-state index is -3.46. The zero-order chi connectivity index (χ0) is 15.2. The molecule has 0 bridgehead atoms. The summed E-state index contributed by atoms with van der Waals surface area (Å²) in [6.07, 6.45) is 2.21. The molecule has 6 heteroatoms. The monoisotopic (exact) mass is 296 g/mol. The van der Waals surface area contributed by atoms with E-state index in [0.717, 1.165) is 12.0 Å². The molecule has 0 heterocycles. The Labute approximate surface area is 120 Å².